The van der Waals surface area contributed by atoms with Crippen LogP contribution in [0.4, 0.5) is 11.4 Å². The number of hydrogen-bond acceptors (Lipinski definition) is 2. The lowest BCUT2D eigenvalue weighted by atomic mass is 9.81. The summed E-state index contributed by atoms with van der Waals surface area (Å²) in [4.78, 5) is 18.3. The predicted molar refractivity (Wildman–Crippen MR) is 126 cm³/mol. The van der Waals surface area contributed by atoms with Gasteiger partial charge in [-0.15, -0.1) is 0 Å². The summed E-state index contributed by atoms with van der Waals surface area (Å²) in [5.41, 5.74) is 4.02. The summed E-state index contributed by atoms with van der Waals surface area (Å²) in [6.45, 7) is 2.55. The molecule has 2 aliphatic heterocycles. The summed E-state index contributed by atoms with van der Waals surface area (Å²) in [6, 6.07) is 33.4. The van der Waals surface area contributed by atoms with Crippen LogP contribution >= 0.6 is 0 Å². The van der Waals surface area contributed by atoms with Crippen LogP contribution in [0.3, 0.4) is 0 Å². The van der Waals surface area contributed by atoms with Crippen molar-refractivity contribution in [2.24, 2.45) is 0 Å². The average molecular weight is 405 g/mol. The molecular weight excluding hydrogens is 380 g/mol. The molecule has 2 heterocycles. The number of nitrogens with zero attached hydrogens (tertiary/aromatic N) is 2. The zero-order valence-electron chi connectivity index (χ0n) is 17.4. The number of benzene rings is 4. The van der Waals surface area contributed by atoms with E-state index in [1.807, 2.05) is 41.3 Å². The van der Waals surface area contributed by atoms with Crippen LogP contribution < -0.4 is 4.90 Å². The highest BCUT2D eigenvalue weighted by Crippen LogP contribution is 2.50. The third-order valence-corrected chi connectivity index (χ3v) is 6.91. The van der Waals surface area contributed by atoms with Crippen LogP contribution in [-0.4, -0.2) is 23.9 Å². The number of anilines is 2. The summed E-state index contributed by atoms with van der Waals surface area (Å²) < 4.78 is 0. The molecule has 1 unspecified atom stereocenters. The van der Waals surface area contributed by atoms with Gasteiger partial charge in [-0.05, 0) is 53.1 Å². The van der Waals surface area contributed by atoms with Crippen LogP contribution in [0, 0.1) is 0 Å². The van der Waals surface area contributed by atoms with Gasteiger partial charge < -0.3 is 0 Å². The molecule has 1 fully saturated rings. The van der Waals surface area contributed by atoms with Gasteiger partial charge in [0.2, 0.25) is 5.91 Å². The Kier molecular flexibility index (Phi) is 4.18. The van der Waals surface area contributed by atoms with Crippen molar-refractivity contribution in [1.29, 1.82) is 0 Å². The first kappa shape index (κ1) is 18.3. The number of carbonyl (C=O) groups excluding carboxylic acids is 1. The fourth-order valence-electron chi connectivity index (χ4n) is 5.43. The van der Waals surface area contributed by atoms with Crippen LogP contribution in [0.1, 0.15) is 17.5 Å². The van der Waals surface area contributed by atoms with Crippen molar-refractivity contribution in [2.45, 2.75) is 18.4 Å². The maximum Gasteiger partial charge on any atom is 0.243 e. The molecule has 3 heteroatoms. The zero-order valence-corrected chi connectivity index (χ0v) is 17.4. The van der Waals surface area contributed by atoms with Gasteiger partial charge in [0.1, 0.15) is 0 Å². The third-order valence-electron chi connectivity index (χ3n) is 6.91. The minimum absolute atomic E-state index is 0.209. The van der Waals surface area contributed by atoms with Crippen molar-refractivity contribution in [3.05, 3.63) is 108 Å². The summed E-state index contributed by atoms with van der Waals surface area (Å²) >= 11 is 0. The number of likely N-dealkylation sites (tertiary alicyclic amines) is 1. The third kappa shape index (κ3) is 2.81. The SMILES string of the molecule is O=C1N(c2ccccc2)c2ccccc2C12CCN(Cc1cccc3ccccc13)C2. The number of amides is 1. The first-order valence-corrected chi connectivity index (χ1v) is 10.9. The van der Waals surface area contributed by atoms with E-state index >= 15 is 0 Å². The van der Waals surface area contributed by atoms with Gasteiger partial charge in [0.15, 0.2) is 0 Å². The van der Waals surface area contributed by atoms with E-state index in [0.29, 0.717) is 0 Å². The van der Waals surface area contributed by atoms with Crippen molar-refractivity contribution in [3.63, 3.8) is 0 Å². The molecule has 6 rings (SSSR count). The molecular formula is C28H24N2O. The van der Waals surface area contributed by atoms with Crippen molar-refractivity contribution in [3.8, 4) is 0 Å². The molecule has 1 spiro atoms. The van der Waals surface area contributed by atoms with E-state index in [4.69, 9.17) is 0 Å². The van der Waals surface area contributed by atoms with Crippen LogP contribution in [0.2, 0.25) is 0 Å². The molecule has 1 saturated heterocycles. The van der Waals surface area contributed by atoms with Crippen LogP contribution in [0.5, 0.6) is 0 Å². The Morgan fingerprint density at radius 3 is 2.42 bits per heavy atom. The fraction of sp³-hybridized carbons (Fsp3) is 0.179. The van der Waals surface area contributed by atoms with Crippen LogP contribution in [0.25, 0.3) is 10.8 Å². The van der Waals surface area contributed by atoms with E-state index in [1.165, 1.54) is 21.9 Å². The molecule has 4 aromatic rings. The van der Waals surface area contributed by atoms with Gasteiger partial charge in [-0.25, -0.2) is 0 Å². The first-order chi connectivity index (χ1) is 15.3. The van der Waals surface area contributed by atoms with E-state index in [2.05, 4.69) is 65.6 Å². The van der Waals surface area contributed by atoms with Crippen molar-refractivity contribution in [2.75, 3.05) is 18.0 Å². The highest BCUT2D eigenvalue weighted by Gasteiger charge is 2.54. The van der Waals surface area contributed by atoms with Crippen LogP contribution in [0.15, 0.2) is 97.1 Å². The molecule has 4 aromatic carbocycles. The molecule has 1 atom stereocenters. The van der Waals surface area contributed by atoms with Gasteiger partial charge in [0, 0.05) is 18.8 Å². The van der Waals surface area contributed by atoms with Gasteiger partial charge in [-0.1, -0.05) is 78.9 Å². The Morgan fingerprint density at radius 1 is 0.774 bits per heavy atom. The van der Waals surface area contributed by atoms with Gasteiger partial charge in [-0.2, -0.15) is 0 Å². The molecule has 0 aromatic heterocycles. The number of fused-ring (bicyclic) bond motifs is 3. The molecule has 0 radical (unpaired) electrons. The molecule has 3 nitrogen and oxygen atoms in total. The topological polar surface area (TPSA) is 23.6 Å². The average Bonchev–Trinajstić information content (AvgIpc) is 3.35. The number of para-hydroxylation sites is 2. The van der Waals surface area contributed by atoms with E-state index in [1.54, 1.807) is 0 Å². The second-order valence-electron chi connectivity index (χ2n) is 8.67. The normalized spacial score (nSPS) is 20.6. The molecule has 2 aliphatic rings. The van der Waals surface area contributed by atoms with Crippen molar-refractivity contribution >= 4 is 28.1 Å². The molecule has 0 aliphatic carbocycles. The largest absolute Gasteiger partial charge is 0.298 e. The number of rotatable bonds is 3. The lowest BCUT2D eigenvalue weighted by Gasteiger charge is -2.25. The summed E-state index contributed by atoms with van der Waals surface area (Å²) in [5.74, 6) is 0.209. The minimum atomic E-state index is -0.461. The highest BCUT2D eigenvalue weighted by molar-refractivity contribution is 6.13. The summed E-state index contributed by atoms with van der Waals surface area (Å²) in [6.07, 6.45) is 0.858. The fourth-order valence-corrected chi connectivity index (χ4v) is 5.43. The van der Waals surface area contributed by atoms with Gasteiger partial charge in [0.05, 0.1) is 11.1 Å². The smallest absolute Gasteiger partial charge is 0.243 e. The molecule has 31 heavy (non-hydrogen) atoms. The highest BCUT2D eigenvalue weighted by atomic mass is 16.2. The lowest BCUT2D eigenvalue weighted by molar-refractivity contribution is -0.122. The Bertz CT molecular complexity index is 1280. The molecule has 0 saturated carbocycles. The summed E-state index contributed by atoms with van der Waals surface area (Å²) in [7, 11) is 0. The minimum Gasteiger partial charge on any atom is -0.298 e. The standard InChI is InChI=1S/C28H24N2O/c31-27-28(25-15-6-7-16-26(25)30(27)23-12-2-1-3-13-23)17-18-29(20-28)19-22-11-8-10-21-9-4-5-14-24(21)22/h1-16H,17-20H2. The van der Waals surface area contributed by atoms with Gasteiger partial charge in [-0.3, -0.25) is 14.6 Å². The van der Waals surface area contributed by atoms with E-state index < -0.39 is 5.41 Å². The molecule has 152 valence electrons. The maximum atomic E-state index is 13.9. The lowest BCUT2D eigenvalue weighted by Crippen LogP contribution is -2.40. The Morgan fingerprint density at radius 2 is 1.52 bits per heavy atom. The Hall–Kier alpha value is -3.43. The molecule has 0 N–H and O–H groups in total. The quantitative estimate of drug-likeness (QED) is 0.440. The first-order valence-electron chi connectivity index (χ1n) is 10.9. The van der Waals surface area contributed by atoms with Crippen molar-refractivity contribution < 1.29 is 4.79 Å². The van der Waals surface area contributed by atoms with Gasteiger partial charge in [0.25, 0.3) is 0 Å². The Labute approximate surface area is 182 Å². The van der Waals surface area contributed by atoms with Crippen molar-refractivity contribution in [1.82, 2.24) is 4.90 Å². The van der Waals surface area contributed by atoms with Crippen LogP contribution in [-0.2, 0) is 16.8 Å². The maximum absolute atomic E-state index is 13.9. The van der Waals surface area contributed by atoms with E-state index in [-0.39, 0.29) is 5.91 Å². The van der Waals surface area contributed by atoms with E-state index in [9.17, 15) is 4.79 Å². The monoisotopic (exact) mass is 404 g/mol. The number of carbonyl (C=O) groups is 1. The van der Waals surface area contributed by atoms with E-state index in [0.717, 1.165) is 37.4 Å². The Balaban J connectivity index is 1.36. The zero-order chi connectivity index (χ0) is 20.8. The second kappa shape index (κ2) is 7.07. The molecule has 0 bridgehead atoms. The predicted octanol–water partition coefficient (Wildman–Crippen LogP) is 5.66. The van der Waals surface area contributed by atoms with Gasteiger partial charge >= 0.3 is 0 Å². The molecule has 1 amide bonds. The summed E-state index contributed by atoms with van der Waals surface area (Å²) in [5, 5.41) is 2.57. The number of hydrogen-bond donors (Lipinski definition) is 0. The second-order valence-corrected chi connectivity index (χ2v) is 8.67.